The van der Waals surface area contributed by atoms with Crippen molar-refractivity contribution in [3.8, 4) is 11.5 Å². The molecule has 2 aromatic carbocycles. The number of amides is 3. The van der Waals surface area contributed by atoms with Crippen LogP contribution >= 0.6 is 11.3 Å². The lowest BCUT2D eigenvalue weighted by atomic mass is 10.1. The van der Waals surface area contributed by atoms with Gasteiger partial charge in [-0.3, -0.25) is 19.4 Å². The summed E-state index contributed by atoms with van der Waals surface area (Å²) in [6.45, 7) is 0.630. The lowest BCUT2D eigenvalue weighted by Crippen LogP contribution is -2.51. The van der Waals surface area contributed by atoms with Crippen molar-refractivity contribution in [1.82, 2.24) is 4.90 Å². The van der Waals surface area contributed by atoms with Crippen molar-refractivity contribution in [3.63, 3.8) is 0 Å². The number of hydrogen-bond donors (Lipinski definition) is 1. The number of ether oxygens (including phenoxy) is 2. The Labute approximate surface area is 205 Å². The summed E-state index contributed by atoms with van der Waals surface area (Å²) in [7, 11) is 1.44. The summed E-state index contributed by atoms with van der Waals surface area (Å²) in [5.74, 6) is -0.315. The van der Waals surface area contributed by atoms with Crippen LogP contribution in [0.15, 0.2) is 41.8 Å². The number of rotatable bonds is 9. The van der Waals surface area contributed by atoms with E-state index in [1.807, 2.05) is 0 Å². The van der Waals surface area contributed by atoms with E-state index in [1.165, 1.54) is 35.5 Å². The van der Waals surface area contributed by atoms with Crippen LogP contribution in [0, 0.1) is 5.82 Å². The molecular weight excluding hydrogens is 475 g/mol. The molecule has 8 nitrogen and oxygen atoms in total. The molecule has 4 rings (SSSR count). The van der Waals surface area contributed by atoms with Gasteiger partial charge in [-0.2, -0.15) is 0 Å². The van der Waals surface area contributed by atoms with Crippen LogP contribution in [-0.2, 0) is 4.79 Å². The minimum atomic E-state index is -0.468. The number of thiophene rings is 1. The number of methoxy groups -OCH3 is 1. The summed E-state index contributed by atoms with van der Waals surface area (Å²) in [6, 6.07) is 8.92. The van der Waals surface area contributed by atoms with Crippen molar-refractivity contribution < 1.29 is 33.4 Å². The van der Waals surface area contributed by atoms with Gasteiger partial charge in [0, 0.05) is 42.3 Å². The van der Waals surface area contributed by atoms with Gasteiger partial charge in [-0.05, 0) is 30.7 Å². The van der Waals surface area contributed by atoms with Gasteiger partial charge in [-0.1, -0.05) is 12.1 Å². The molecule has 1 aromatic heterocycles. The molecule has 184 valence electrons. The summed E-state index contributed by atoms with van der Waals surface area (Å²) < 4.78 is 25.2. The number of imide groups is 1. The standard InChI is InChI=1S/C25H25FN2O6S/c1-33-22-14-16(6-8-21(22)34-13-12-29)20(30)7-9-23(31)28-11-3-10-27(25(28)32)19-15-35-24-17(19)4-2-5-18(24)26/h2,4-6,8,14-15,29H,3,7,9-13H2,1H3. The molecule has 2 heterocycles. The van der Waals surface area contributed by atoms with Crippen LogP contribution in [0.2, 0.25) is 0 Å². The van der Waals surface area contributed by atoms with Crippen molar-refractivity contribution in [2.24, 2.45) is 0 Å². The van der Waals surface area contributed by atoms with Crippen LogP contribution in [0.25, 0.3) is 10.1 Å². The zero-order valence-electron chi connectivity index (χ0n) is 19.2. The van der Waals surface area contributed by atoms with Crippen LogP contribution in [-0.4, -0.2) is 61.1 Å². The average Bonchev–Trinajstić information content (AvgIpc) is 3.31. The van der Waals surface area contributed by atoms with Gasteiger partial charge in [0.05, 0.1) is 24.1 Å². The summed E-state index contributed by atoms with van der Waals surface area (Å²) in [5.41, 5.74) is 0.933. The van der Waals surface area contributed by atoms with E-state index in [2.05, 4.69) is 0 Å². The number of carbonyl (C=O) groups excluding carboxylic acids is 3. The Balaban J connectivity index is 1.42. The lowest BCUT2D eigenvalue weighted by molar-refractivity contribution is -0.128. The van der Waals surface area contributed by atoms with E-state index in [9.17, 15) is 18.8 Å². The predicted octanol–water partition coefficient (Wildman–Crippen LogP) is 4.24. The van der Waals surface area contributed by atoms with Crippen molar-refractivity contribution in [3.05, 3.63) is 53.2 Å². The highest BCUT2D eigenvalue weighted by molar-refractivity contribution is 7.17. The number of carbonyl (C=O) groups is 3. The molecule has 1 aliphatic rings. The van der Waals surface area contributed by atoms with Gasteiger partial charge in [0.2, 0.25) is 5.91 Å². The monoisotopic (exact) mass is 500 g/mol. The number of nitrogens with zero attached hydrogens (tertiary/aromatic N) is 2. The number of benzene rings is 2. The number of anilines is 1. The summed E-state index contributed by atoms with van der Waals surface area (Å²) in [4.78, 5) is 41.4. The first-order chi connectivity index (χ1) is 16.9. The maximum absolute atomic E-state index is 14.1. The van der Waals surface area contributed by atoms with Gasteiger partial charge >= 0.3 is 6.03 Å². The van der Waals surface area contributed by atoms with Crippen LogP contribution in [0.5, 0.6) is 11.5 Å². The van der Waals surface area contributed by atoms with E-state index in [4.69, 9.17) is 14.6 Å². The van der Waals surface area contributed by atoms with E-state index in [-0.39, 0.29) is 44.2 Å². The van der Waals surface area contributed by atoms with Gasteiger partial charge in [0.1, 0.15) is 12.4 Å². The largest absolute Gasteiger partial charge is 0.493 e. The zero-order chi connectivity index (χ0) is 24.9. The third kappa shape index (κ3) is 5.13. The SMILES string of the molecule is COc1cc(C(=O)CCC(=O)N2CCCN(c3csc4c(F)cccc34)C2=O)ccc1OCCO. The van der Waals surface area contributed by atoms with Crippen molar-refractivity contribution in [2.75, 3.05) is 38.3 Å². The minimum absolute atomic E-state index is 0.0742. The molecule has 1 saturated heterocycles. The topological polar surface area (TPSA) is 96.4 Å². The normalized spacial score (nSPS) is 13.9. The number of fused-ring (bicyclic) bond motifs is 1. The maximum Gasteiger partial charge on any atom is 0.331 e. The number of Topliss-reactive ketones (excluding diaryl/α,β-unsaturated/α-hetero) is 1. The highest BCUT2D eigenvalue weighted by atomic mass is 32.1. The van der Waals surface area contributed by atoms with Crippen molar-refractivity contribution in [2.45, 2.75) is 19.3 Å². The zero-order valence-corrected chi connectivity index (χ0v) is 20.0. The Bertz CT molecular complexity index is 1260. The van der Waals surface area contributed by atoms with Gasteiger partial charge in [0.25, 0.3) is 0 Å². The Morgan fingerprint density at radius 3 is 2.74 bits per heavy atom. The molecular formula is C25H25FN2O6S. The number of urea groups is 1. The third-order valence-electron chi connectivity index (χ3n) is 5.75. The number of halogens is 1. The average molecular weight is 501 g/mol. The Hall–Kier alpha value is -3.50. The molecule has 0 bridgehead atoms. The third-order valence-corrected chi connectivity index (χ3v) is 6.74. The summed E-state index contributed by atoms with van der Waals surface area (Å²) >= 11 is 1.22. The number of aliphatic hydroxyl groups is 1. The fraction of sp³-hybridized carbons (Fsp3) is 0.320. The molecule has 0 saturated carbocycles. The first kappa shape index (κ1) is 24.6. The first-order valence-electron chi connectivity index (χ1n) is 11.2. The second-order valence-corrected chi connectivity index (χ2v) is 8.81. The fourth-order valence-electron chi connectivity index (χ4n) is 4.01. The first-order valence-corrected chi connectivity index (χ1v) is 12.0. The molecule has 0 spiro atoms. The highest BCUT2D eigenvalue weighted by Crippen LogP contribution is 2.36. The number of aliphatic hydroxyl groups excluding tert-OH is 1. The Morgan fingerprint density at radius 1 is 1.14 bits per heavy atom. The molecule has 0 unspecified atom stereocenters. The Kier molecular flexibility index (Phi) is 7.62. The molecule has 35 heavy (non-hydrogen) atoms. The smallest absolute Gasteiger partial charge is 0.331 e. The molecule has 1 N–H and O–H groups in total. The molecule has 3 aromatic rings. The summed E-state index contributed by atoms with van der Waals surface area (Å²) in [6.07, 6.45) is 0.377. The molecule has 3 amide bonds. The second-order valence-electron chi connectivity index (χ2n) is 7.93. The number of ketones is 1. The van der Waals surface area contributed by atoms with E-state index in [0.717, 1.165) is 4.90 Å². The van der Waals surface area contributed by atoms with Crippen LogP contribution < -0.4 is 14.4 Å². The van der Waals surface area contributed by atoms with E-state index < -0.39 is 11.9 Å². The highest BCUT2D eigenvalue weighted by Gasteiger charge is 2.32. The minimum Gasteiger partial charge on any atom is -0.493 e. The molecule has 0 aliphatic carbocycles. The summed E-state index contributed by atoms with van der Waals surface area (Å²) in [5, 5.41) is 11.3. The maximum atomic E-state index is 14.1. The van der Waals surface area contributed by atoms with Gasteiger partial charge < -0.3 is 14.6 Å². The fourth-order valence-corrected chi connectivity index (χ4v) is 4.98. The van der Waals surface area contributed by atoms with Crippen LogP contribution in [0.4, 0.5) is 14.9 Å². The lowest BCUT2D eigenvalue weighted by Gasteiger charge is -2.34. The second kappa shape index (κ2) is 10.8. The molecule has 10 heteroatoms. The number of hydrogen-bond acceptors (Lipinski definition) is 7. The van der Waals surface area contributed by atoms with E-state index in [1.54, 1.807) is 29.6 Å². The van der Waals surface area contributed by atoms with Gasteiger partial charge in [-0.25, -0.2) is 9.18 Å². The van der Waals surface area contributed by atoms with Crippen molar-refractivity contribution >= 4 is 44.8 Å². The van der Waals surface area contributed by atoms with Gasteiger partial charge in [0.15, 0.2) is 17.3 Å². The van der Waals surface area contributed by atoms with Gasteiger partial charge in [-0.15, -0.1) is 11.3 Å². The van der Waals surface area contributed by atoms with Crippen LogP contribution in [0.1, 0.15) is 29.6 Å². The van der Waals surface area contributed by atoms with E-state index in [0.29, 0.717) is 45.8 Å². The molecule has 1 aliphatic heterocycles. The van der Waals surface area contributed by atoms with E-state index >= 15 is 0 Å². The van der Waals surface area contributed by atoms with Crippen molar-refractivity contribution in [1.29, 1.82) is 0 Å². The quantitative estimate of drug-likeness (QED) is 0.442. The Morgan fingerprint density at radius 2 is 1.97 bits per heavy atom. The molecule has 0 radical (unpaired) electrons. The molecule has 0 atom stereocenters. The molecule has 1 fully saturated rings. The van der Waals surface area contributed by atoms with Crippen LogP contribution in [0.3, 0.4) is 0 Å². The predicted molar refractivity (Wildman–Crippen MR) is 130 cm³/mol.